The van der Waals surface area contributed by atoms with E-state index in [-0.39, 0.29) is 13.2 Å². The van der Waals surface area contributed by atoms with Crippen LogP contribution in [0.3, 0.4) is 0 Å². The average Bonchev–Trinajstić information content (AvgIpc) is 2.26. The maximum Gasteiger partial charge on any atom is 0.326 e. The SMILES string of the molecule is CCOC(=O)CN(c1ccc(I)cc1)S(C)(=O)=O. The van der Waals surface area contributed by atoms with Crippen molar-refractivity contribution in [3.63, 3.8) is 0 Å². The molecule has 1 aromatic carbocycles. The van der Waals surface area contributed by atoms with Gasteiger partial charge in [0.25, 0.3) is 0 Å². The van der Waals surface area contributed by atoms with Gasteiger partial charge >= 0.3 is 5.97 Å². The van der Waals surface area contributed by atoms with Crippen LogP contribution in [0.1, 0.15) is 6.92 Å². The Morgan fingerprint density at radius 2 is 1.89 bits per heavy atom. The molecule has 100 valence electrons. The topological polar surface area (TPSA) is 63.7 Å². The normalized spacial score (nSPS) is 11.1. The van der Waals surface area contributed by atoms with Crippen molar-refractivity contribution in [3.8, 4) is 0 Å². The highest BCUT2D eigenvalue weighted by molar-refractivity contribution is 14.1. The molecule has 0 aliphatic carbocycles. The minimum atomic E-state index is -3.51. The van der Waals surface area contributed by atoms with Gasteiger partial charge in [-0.2, -0.15) is 0 Å². The minimum absolute atomic E-state index is 0.225. The van der Waals surface area contributed by atoms with Gasteiger partial charge < -0.3 is 4.74 Å². The van der Waals surface area contributed by atoms with Gasteiger partial charge in [-0.05, 0) is 53.8 Å². The Hall–Kier alpha value is -0.830. The molecule has 1 rings (SSSR count). The summed E-state index contributed by atoms with van der Waals surface area (Å²) in [7, 11) is -3.51. The first kappa shape index (κ1) is 15.2. The van der Waals surface area contributed by atoms with Gasteiger partial charge in [0, 0.05) is 3.57 Å². The van der Waals surface area contributed by atoms with Crippen LogP contribution in [0.2, 0.25) is 0 Å². The van der Waals surface area contributed by atoms with Crippen molar-refractivity contribution >= 4 is 44.3 Å². The maximum atomic E-state index is 11.7. The Labute approximate surface area is 120 Å². The molecule has 1 aromatic rings. The van der Waals surface area contributed by atoms with Gasteiger partial charge in [-0.15, -0.1) is 0 Å². The van der Waals surface area contributed by atoms with Crippen LogP contribution in [-0.4, -0.2) is 33.8 Å². The molecule has 0 aromatic heterocycles. The van der Waals surface area contributed by atoms with Crippen LogP contribution in [-0.2, 0) is 19.6 Å². The highest BCUT2D eigenvalue weighted by atomic mass is 127. The van der Waals surface area contributed by atoms with Gasteiger partial charge in [-0.1, -0.05) is 0 Å². The van der Waals surface area contributed by atoms with Crippen molar-refractivity contribution in [2.45, 2.75) is 6.92 Å². The van der Waals surface area contributed by atoms with Crippen LogP contribution >= 0.6 is 22.6 Å². The molecule has 0 unspecified atom stereocenters. The molecule has 0 N–H and O–H groups in total. The number of rotatable bonds is 5. The van der Waals surface area contributed by atoms with Crippen molar-refractivity contribution in [2.75, 3.05) is 23.7 Å². The largest absolute Gasteiger partial charge is 0.465 e. The van der Waals surface area contributed by atoms with E-state index in [9.17, 15) is 13.2 Å². The number of carbonyl (C=O) groups is 1. The third kappa shape index (κ3) is 4.45. The Balaban J connectivity index is 3.00. The average molecular weight is 383 g/mol. The maximum absolute atomic E-state index is 11.7. The molecule has 0 heterocycles. The van der Waals surface area contributed by atoms with Gasteiger partial charge in [0.15, 0.2) is 0 Å². The first-order valence-corrected chi connectivity index (χ1v) is 8.16. The van der Waals surface area contributed by atoms with E-state index >= 15 is 0 Å². The second-order valence-corrected chi connectivity index (χ2v) is 6.70. The van der Waals surface area contributed by atoms with E-state index in [4.69, 9.17) is 4.74 Å². The van der Waals surface area contributed by atoms with Gasteiger partial charge in [-0.3, -0.25) is 9.10 Å². The predicted molar refractivity (Wildman–Crippen MR) is 78.0 cm³/mol. The number of hydrogen-bond donors (Lipinski definition) is 0. The molecule has 0 atom stereocenters. The van der Waals surface area contributed by atoms with Crippen molar-refractivity contribution in [3.05, 3.63) is 27.8 Å². The highest BCUT2D eigenvalue weighted by Gasteiger charge is 2.21. The quantitative estimate of drug-likeness (QED) is 0.573. The van der Waals surface area contributed by atoms with E-state index in [0.717, 1.165) is 14.1 Å². The second-order valence-electron chi connectivity index (χ2n) is 3.55. The zero-order chi connectivity index (χ0) is 13.8. The molecular weight excluding hydrogens is 369 g/mol. The van der Waals surface area contributed by atoms with Crippen molar-refractivity contribution in [1.82, 2.24) is 0 Å². The summed E-state index contributed by atoms with van der Waals surface area (Å²) in [4.78, 5) is 11.4. The molecule has 0 spiro atoms. The third-order valence-corrected chi connectivity index (χ3v) is 3.95. The lowest BCUT2D eigenvalue weighted by Crippen LogP contribution is -2.35. The smallest absolute Gasteiger partial charge is 0.326 e. The lowest BCUT2D eigenvalue weighted by Gasteiger charge is -2.21. The second kappa shape index (κ2) is 6.37. The zero-order valence-electron chi connectivity index (χ0n) is 10.1. The van der Waals surface area contributed by atoms with Crippen molar-refractivity contribution in [2.24, 2.45) is 0 Å². The van der Waals surface area contributed by atoms with Crippen molar-refractivity contribution in [1.29, 1.82) is 0 Å². The Morgan fingerprint density at radius 1 is 1.33 bits per heavy atom. The molecule has 7 heteroatoms. The lowest BCUT2D eigenvalue weighted by molar-refractivity contribution is -0.141. The molecule has 0 amide bonds. The minimum Gasteiger partial charge on any atom is -0.465 e. The van der Waals surface area contributed by atoms with E-state index in [1.54, 1.807) is 31.2 Å². The molecule has 0 fully saturated rings. The third-order valence-electron chi connectivity index (χ3n) is 2.09. The van der Waals surface area contributed by atoms with E-state index < -0.39 is 16.0 Å². The van der Waals surface area contributed by atoms with Crippen LogP contribution in [0.4, 0.5) is 5.69 Å². The van der Waals surface area contributed by atoms with E-state index in [1.807, 2.05) is 0 Å². The molecular formula is C11H14INO4S. The molecule has 0 aliphatic rings. The van der Waals surface area contributed by atoms with Crippen LogP contribution in [0.25, 0.3) is 0 Å². The number of sulfonamides is 1. The molecule has 5 nitrogen and oxygen atoms in total. The molecule has 0 saturated heterocycles. The van der Waals surface area contributed by atoms with E-state index in [0.29, 0.717) is 5.69 Å². The molecule has 0 bridgehead atoms. The monoisotopic (exact) mass is 383 g/mol. The summed E-state index contributed by atoms with van der Waals surface area (Å²) in [5, 5.41) is 0. The fraction of sp³-hybridized carbons (Fsp3) is 0.364. The fourth-order valence-electron chi connectivity index (χ4n) is 1.33. The van der Waals surface area contributed by atoms with Gasteiger partial charge in [0.1, 0.15) is 6.54 Å². The van der Waals surface area contributed by atoms with E-state index in [1.165, 1.54) is 0 Å². The number of benzene rings is 1. The zero-order valence-corrected chi connectivity index (χ0v) is 13.1. The van der Waals surface area contributed by atoms with Gasteiger partial charge in [-0.25, -0.2) is 8.42 Å². The summed E-state index contributed by atoms with van der Waals surface area (Å²) in [5.41, 5.74) is 0.450. The first-order chi connectivity index (χ1) is 8.34. The summed E-state index contributed by atoms with van der Waals surface area (Å²) < 4.78 is 30.1. The molecule has 0 radical (unpaired) electrons. The summed E-state index contributed by atoms with van der Waals surface area (Å²) in [5.74, 6) is -0.568. The number of anilines is 1. The lowest BCUT2D eigenvalue weighted by atomic mass is 10.3. The van der Waals surface area contributed by atoms with Gasteiger partial charge in [0.05, 0.1) is 18.6 Å². The summed E-state index contributed by atoms with van der Waals surface area (Å²) in [6.45, 7) is 1.59. The van der Waals surface area contributed by atoms with Crippen molar-refractivity contribution < 1.29 is 17.9 Å². The Morgan fingerprint density at radius 3 is 2.33 bits per heavy atom. The standard InChI is InChI=1S/C11H14INO4S/c1-3-17-11(14)8-13(18(2,15)16)10-6-4-9(12)5-7-10/h4-7H,3,8H2,1-2H3. The fourth-order valence-corrected chi connectivity index (χ4v) is 2.54. The first-order valence-electron chi connectivity index (χ1n) is 5.23. The molecule has 0 aliphatic heterocycles. The summed E-state index contributed by atoms with van der Waals surface area (Å²) >= 11 is 2.12. The number of halogens is 1. The summed E-state index contributed by atoms with van der Waals surface area (Å²) in [6.07, 6.45) is 1.06. The van der Waals surface area contributed by atoms with Crippen LogP contribution in [0.15, 0.2) is 24.3 Å². The molecule has 18 heavy (non-hydrogen) atoms. The van der Waals surface area contributed by atoms with E-state index in [2.05, 4.69) is 22.6 Å². The van der Waals surface area contributed by atoms with Crippen LogP contribution in [0, 0.1) is 3.57 Å². The Kier molecular flexibility index (Phi) is 5.39. The Bertz CT molecular complexity index is 512. The highest BCUT2D eigenvalue weighted by Crippen LogP contribution is 2.19. The number of nitrogens with zero attached hydrogens (tertiary/aromatic N) is 1. The van der Waals surface area contributed by atoms with Gasteiger partial charge in [0.2, 0.25) is 10.0 Å². The molecule has 0 saturated carbocycles. The number of ether oxygens (including phenoxy) is 1. The number of carbonyl (C=O) groups excluding carboxylic acids is 1. The van der Waals surface area contributed by atoms with Crippen LogP contribution < -0.4 is 4.31 Å². The summed E-state index contributed by atoms with van der Waals surface area (Å²) in [6, 6.07) is 6.86. The number of hydrogen-bond acceptors (Lipinski definition) is 4. The number of esters is 1. The van der Waals surface area contributed by atoms with Crippen LogP contribution in [0.5, 0.6) is 0 Å². The predicted octanol–water partition coefficient (Wildman–Crippen LogP) is 1.62.